The Hall–Kier alpha value is -2.32. The number of carbonyl (C=O) groups excluding carboxylic acids is 1. The molecule has 5 nitrogen and oxygen atoms in total. The fourth-order valence-electron chi connectivity index (χ4n) is 1.95. The van der Waals surface area contributed by atoms with Crippen LogP contribution < -0.4 is 4.74 Å². The van der Waals surface area contributed by atoms with Crippen LogP contribution in [0.3, 0.4) is 0 Å². The van der Waals surface area contributed by atoms with Gasteiger partial charge in [-0.15, -0.1) is 0 Å². The van der Waals surface area contributed by atoms with Crippen LogP contribution >= 0.6 is 0 Å². The van der Waals surface area contributed by atoms with Crippen molar-refractivity contribution in [3.63, 3.8) is 0 Å². The number of ether oxygens (including phenoxy) is 2. The highest BCUT2D eigenvalue weighted by Gasteiger charge is 2.20. The van der Waals surface area contributed by atoms with E-state index in [0.29, 0.717) is 26.3 Å². The summed E-state index contributed by atoms with van der Waals surface area (Å²) < 4.78 is 10.3. The summed E-state index contributed by atoms with van der Waals surface area (Å²) in [5.41, 5.74) is 0.932. The van der Waals surface area contributed by atoms with Crippen molar-refractivity contribution in [2.24, 2.45) is 0 Å². The van der Waals surface area contributed by atoms with Gasteiger partial charge in [0.25, 0.3) is 5.91 Å². The molecule has 1 aliphatic rings. The molecule has 0 atom stereocenters. The van der Waals surface area contributed by atoms with Crippen LogP contribution in [0.25, 0.3) is 6.08 Å². The van der Waals surface area contributed by atoms with E-state index in [9.17, 15) is 4.79 Å². The largest absolute Gasteiger partial charge is 0.497 e. The highest BCUT2D eigenvalue weighted by molar-refractivity contribution is 6.01. The summed E-state index contributed by atoms with van der Waals surface area (Å²) in [5.74, 6) is 0.492. The number of hydrogen-bond donors (Lipinski definition) is 0. The number of amides is 1. The second kappa shape index (κ2) is 6.73. The average Bonchev–Trinajstić information content (AvgIpc) is 2.53. The van der Waals surface area contributed by atoms with E-state index in [2.05, 4.69) is 0 Å². The van der Waals surface area contributed by atoms with Crippen molar-refractivity contribution in [3.05, 3.63) is 35.4 Å². The van der Waals surface area contributed by atoms with Crippen molar-refractivity contribution < 1.29 is 14.3 Å². The first-order valence-electron chi connectivity index (χ1n) is 6.37. The third-order valence-electron chi connectivity index (χ3n) is 3.08. The molecule has 1 fully saturated rings. The lowest BCUT2D eigenvalue weighted by Crippen LogP contribution is -2.41. The fourth-order valence-corrected chi connectivity index (χ4v) is 1.95. The highest BCUT2D eigenvalue weighted by Crippen LogP contribution is 2.15. The number of nitriles is 1. The lowest BCUT2D eigenvalue weighted by Gasteiger charge is -2.26. The summed E-state index contributed by atoms with van der Waals surface area (Å²) in [5, 5.41) is 9.17. The zero-order chi connectivity index (χ0) is 14.4. The Morgan fingerprint density at radius 1 is 1.35 bits per heavy atom. The molecule has 0 aromatic heterocycles. The maximum absolute atomic E-state index is 12.2. The molecule has 20 heavy (non-hydrogen) atoms. The van der Waals surface area contributed by atoms with Gasteiger partial charge in [-0.1, -0.05) is 12.1 Å². The number of morpholine rings is 1. The third kappa shape index (κ3) is 3.37. The summed E-state index contributed by atoms with van der Waals surface area (Å²) in [7, 11) is 1.59. The quantitative estimate of drug-likeness (QED) is 0.617. The summed E-state index contributed by atoms with van der Waals surface area (Å²) in [6.45, 7) is 2.10. The molecule has 0 bridgehead atoms. The van der Waals surface area contributed by atoms with Gasteiger partial charge >= 0.3 is 0 Å². The van der Waals surface area contributed by atoms with Crippen molar-refractivity contribution in [2.75, 3.05) is 33.4 Å². The minimum atomic E-state index is -0.244. The molecule has 1 saturated heterocycles. The number of hydrogen-bond acceptors (Lipinski definition) is 4. The van der Waals surface area contributed by atoms with E-state index in [-0.39, 0.29) is 11.5 Å². The SMILES string of the molecule is COc1ccc(C=C(C#N)C(=O)N2CCOCC2)cc1. The first-order chi connectivity index (χ1) is 9.74. The lowest BCUT2D eigenvalue weighted by atomic mass is 10.1. The first kappa shape index (κ1) is 14.1. The third-order valence-corrected chi connectivity index (χ3v) is 3.08. The van der Waals surface area contributed by atoms with Gasteiger partial charge < -0.3 is 14.4 Å². The van der Waals surface area contributed by atoms with E-state index < -0.39 is 0 Å². The van der Waals surface area contributed by atoms with Crippen LogP contribution in [0.15, 0.2) is 29.8 Å². The maximum atomic E-state index is 12.2. The van der Waals surface area contributed by atoms with Crippen molar-refractivity contribution in [3.8, 4) is 11.8 Å². The Kier molecular flexibility index (Phi) is 4.75. The summed E-state index contributed by atoms with van der Waals surface area (Å²) in [4.78, 5) is 13.9. The number of methoxy groups -OCH3 is 1. The van der Waals surface area contributed by atoms with E-state index in [0.717, 1.165) is 11.3 Å². The maximum Gasteiger partial charge on any atom is 0.264 e. The Morgan fingerprint density at radius 3 is 2.55 bits per heavy atom. The summed E-state index contributed by atoms with van der Waals surface area (Å²) in [6, 6.07) is 9.17. The monoisotopic (exact) mass is 272 g/mol. The molecule has 0 aliphatic carbocycles. The molecular formula is C15H16N2O3. The van der Waals surface area contributed by atoms with Gasteiger partial charge in [0.2, 0.25) is 0 Å². The molecule has 104 valence electrons. The second-order valence-corrected chi connectivity index (χ2v) is 4.35. The molecule has 0 radical (unpaired) electrons. The van der Waals surface area contributed by atoms with Crippen molar-refractivity contribution in [1.29, 1.82) is 5.26 Å². The van der Waals surface area contributed by atoms with Crippen LogP contribution in [0.2, 0.25) is 0 Å². The van der Waals surface area contributed by atoms with Crippen molar-refractivity contribution in [1.82, 2.24) is 4.90 Å². The van der Waals surface area contributed by atoms with Gasteiger partial charge in [-0.2, -0.15) is 5.26 Å². The Bertz CT molecular complexity index is 537. The lowest BCUT2D eigenvalue weighted by molar-refractivity contribution is -0.130. The van der Waals surface area contributed by atoms with E-state index >= 15 is 0 Å². The molecule has 1 aromatic carbocycles. The molecule has 5 heteroatoms. The molecule has 2 rings (SSSR count). The minimum absolute atomic E-state index is 0.136. The second-order valence-electron chi connectivity index (χ2n) is 4.35. The zero-order valence-corrected chi connectivity index (χ0v) is 11.3. The summed E-state index contributed by atoms with van der Waals surface area (Å²) in [6.07, 6.45) is 1.59. The van der Waals surface area contributed by atoms with Crippen LogP contribution in [0, 0.1) is 11.3 Å². The number of benzene rings is 1. The van der Waals surface area contributed by atoms with Gasteiger partial charge in [-0.3, -0.25) is 4.79 Å². The number of rotatable bonds is 3. The standard InChI is InChI=1S/C15H16N2O3/c1-19-14-4-2-12(3-5-14)10-13(11-16)15(18)17-6-8-20-9-7-17/h2-5,10H,6-9H2,1H3. The molecule has 0 unspecified atom stereocenters. The van der Waals surface area contributed by atoms with Crippen molar-refractivity contribution >= 4 is 12.0 Å². The smallest absolute Gasteiger partial charge is 0.264 e. The normalized spacial score (nSPS) is 15.6. The van der Waals surface area contributed by atoms with E-state index in [1.54, 1.807) is 30.2 Å². The van der Waals surface area contributed by atoms with Crippen LogP contribution in [-0.2, 0) is 9.53 Å². The Labute approximate surface area is 118 Å². The van der Waals surface area contributed by atoms with Crippen molar-refractivity contribution in [2.45, 2.75) is 0 Å². The predicted octanol–water partition coefficient (Wildman–Crippen LogP) is 1.46. The van der Waals surface area contributed by atoms with Gasteiger partial charge in [0.1, 0.15) is 17.4 Å². The fraction of sp³-hybridized carbons (Fsp3) is 0.333. The predicted molar refractivity (Wildman–Crippen MR) is 74.0 cm³/mol. The minimum Gasteiger partial charge on any atom is -0.497 e. The summed E-state index contributed by atoms with van der Waals surface area (Å²) >= 11 is 0. The van der Waals surface area contributed by atoms with Crippen LogP contribution in [0.1, 0.15) is 5.56 Å². The number of carbonyl (C=O) groups is 1. The van der Waals surface area contributed by atoms with Crippen LogP contribution in [0.4, 0.5) is 0 Å². The van der Waals surface area contributed by atoms with Gasteiger partial charge in [0.15, 0.2) is 0 Å². The molecule has 0 saturated carbocycles. The van der Waals surface area contributed by atoms with E-state index in [1.165, 1.54) is 0 Å². The molecular weight excluding hydrogens is 256 g/mol. The van der Waals surface area contributed by atoms with E-state index in [1.807, 2.05) is 18.2 Å². The topological polar surface area (TPSA) is 62.6 Å². The Balaban J connectivity index is 2.15. The molecule has 0 N–H and O–H groups in total. The van der Waals surface area contributed by atoms with Gasteiger partial charge in [-0.25, -0.2) is 0 Å². The highest BCUT2D eigenvalue weighted by atomic mass is 16.5. The first-order valence-corrected chi connectivity index (χ1v) is 6.37. The van der Waals surface area contributed by atoms with E-state index in [4.69, 9.17) is 14.7 Å². The molecule has 1 amide bonds. The van der Waals surface area contributed by atoms with Gasteiger partial charge in [0, 0.05) is 13.1 Å². The molecule has 0 spiro atoms. The Morgan fingerprint density at radius 2 is 2.00 bits per heavy atom. The van der Waals surface area contributed by atoms with Gasteiger partial charge in [-0.05, 0) is 23.8 Å². The molecule has 1 aromatic rings. The number of nitrogens with zero attached hydrogens (tertiary/aromatic N) is 2. The van der Waals surface area contributed by atoms with Crippen LogP contribution in [-0.4, -0.2) is 44.2 Å². The molecule has 1 heterocycles. The molecule has 1 aliphatic heterocycles. The van der Waals surface area contributed by atoms with Gasteiger partial charge in [0.05, 0.1) is 20.3 Å². The zero-order valence-electron chi connectivity index (χ0n) is 11.3. The van der Waals surface area contributed by atoms with Crippen LogP contribution in [0.5, 0.6) is 5.75 Å². The average molecular weight is 272 g/mol.